The second-order valence-corrected chi connectivity index (χ2v) is 7.01. The van der Waals surface area contributed by atoms with Gasteiger partial charge in [0, 0.05) is 42.1 Å². The van der Waals surface area contributed by atoms with E-state index in [0.29, 0.717) is 35.2 Å². The van der Waals surface area contributed by atoms with E-state index in [4.69, 9.17) is 16.7 Å². The minimum Gasteiger partial charge on any atom is -0.396 e. The number of aliphatic hydroxyl groups excluding tert-OH is 1. The van der Waals surface area contributed by atoms with Crippen LogP contribution >= 0.6 is 11.6 Å². The van der Waals surface area contributed by atoms with Crippen LogP contribution in [0.1, 0.15) is 31.1 Å². The van der Waals surface area contributed by atoms with Crippen LogP contribution < -0.4 is 4.90 Å². The minimum absolute atomic E-state index is 0.0355. The monoisotopic (exact) mass is 433 g/mol. The van der Waals surface area contributed by atoms with Crippen LogP contribution in [0.25, 0.3) is 10.9 Å². The molecular formula is C21H28ClN5O3. The smallest absolute Gasteiger partial charge is 0.332 e. The molecule has 0 saturated heterocycles. The number of urea groups is 1. The van der Waals surface area contributed by atoms with E-state index in [2.05, 4.69) is 9.97 Å². The first kappa shape index (κ1) is 23.4. The van der Waals surface area contributed by atoms with Crippen molar-refractivity contribution in [1.29, 1.82) is 0 Å². The second-order valence-electron chi connectivity index (χ2n) is 6.57. The molecule has 0 saturated carbocycles. The first-order valence-corrected chi connectivity index (χ1v) is 10.1. The highest BCUT2D eigenvalue weighted by Crippen LogP contribution is 2.23. The molecular weight excluding hydrogens is 406 g/mol. The van der Waals surface area contributed by atoms with Gasteiger partial charge in [-0.2, -0.15) is 0 Å². The highest BCUT2D eigenvalue weighted by atomic mass is 35.5. The quantitative estimate of drug-likeness (QED) is 0.580. The summed E-state index contributed by atoms with van der Waals surface area (Å²) in [5.41, 5.74) is 2.36. The number of anilines is 1. The maximum Gasteiger partial charge on any atom is 0.332 e. The van der Waals surface area contributed by atoms with Gasteiger partial charge in [0.1, 0.15) is 5.82 Å². The summed E-state index contributed by atoms with van der Waals surface area (Å²) in [4.78, 5) is 34.5. The fourth-order valence-corrected chi connectivity index (χ4v) is 3.31. The number of hydrogen-bond donors (Lipinski definition) is 2. The highest BCUT2D eigenvalue weighted by Gasteiger charge is 2.24. The Bertz CT molecular complexity index is 1030. The molecule has 162 valence electrons. The summed E-state index contributed by atoms with van der Waals surface area (Å²) in [5, 5.41) is 10.7. The van der Waals surface area contributed by atoms with Gasteiger partial charge >= 0.3 is 6.03 Å². The van der Waals surface area contributed by atoms with Crippen LogP contribution in [0, 0.1) is 6.92 Å². The van der Waals surface area contributed by atoms with Crippen molar-refractivity contribution in [2.75, 3.05) is 18.6 Å². The maximum absolute atomic E-state index is 12.9. The Hall–Kier alpha value is -2.84. The van der Waals surface area contributed by atoms with Gasteiger partial charge < -0.3 is 14.7 Å². The Morgan fingerprint density at radius 1 is 1.33 bits per heavy atom. The van der Waals surface area contributed by atoms with E-state index in [-0.39, 0.29) is 13.2 Å². The predicted octanol–water partition coefficient (Wildman–Crippen LogP) is 3.64. The van der Waals surface area contributed by atoms with E-state index in [1.165, 1.54) is 4.90 Å². The highest BCUT2D eigenvalue weighted by molar-refractivity contribution is 6.31. The molecule has 2 N–H and O–H groups in total. The number of aromatic nitrogens is 3. The van der Waals surface area contributed by atoms with E-state index in [1.807, 2.05) is 50.6 Å². The third-order valence-electron chi connectivity index (χ3n) is 4.74. The summed E-state index contributed by atoms with van der Waals surface area (Å²) in [6, 6.07) is 6.80. The average molecular weight is 434 g/mol. The lowest BCUT2D eigenvalue weighted by molar-refractivity contribution is -0.116. The molecule has 9 heteroatoms. The molecule has 2 heterocycles. The van der Waals surface area contributed by atoms with E-state index < -0.39 is 6.03 Å². The van der Waals surface area contributed by atoms with Crippen molar-refractivity contribution in [3.05, 3.63) is 46.5 Å². The zero-order valence-corrected chi connectivity index (χ0v) is 18.7. The lowest BCUT2D eigenvalue weighted by Gasteiger charge is -2.22. The van der Waals surface area contributed by atoms with E-state index in [9.17, 15) is 9.59 Å². The SMILES string of the molecule is CC.Cc1c(N(C)C(=O)N(C=O)Cc2cc3cc(Cl)ccc3[nH]2)nc(CCO)n1C. The standard InChI is InChI=1S/C19H22ClN5O3.C2H6/c1-12-18(22-17(6-7-26)23(12)2)24(3)19(28)25(11-27)10-15-9-13-8-14(20)4-5-16(13)21-15;1-2/h4-5,8-9,11,21,26H,6-7,10H2,1-3H3;1-2H3. The number of imidazole rings is 1. The van der Waals surface area contributed by atoms with Gasteiger partial charge in [-0.25, -0.2) is 9.78 Å². The number of aliphatic hydroxyl groups is 1. The number of aromatic amines is 1. The van der Waals surface area contributed by atoms with Gasteiger partial charge in [0.05, 0.1) is 18.8 Å². The van der Waals surface area contributed by atoms with Gasteiger partial charge in [0.25, 0.3) is 0 Å². The third kappa shape index (κ3) is 4.83. The molecule has 0 spiro atoms. The molecule has 0 radical (unpaired) electrons. The Morgan fingerprint density at radius 2 is 2.03 bits per heavy atom. The molecule has 0 fully saturated rings. The fraction of sp³-hybridized carbons (Fsp3) is 0.381. The van der Waals surface area contributed by atoms with E-state index in [0.717, 1.165) is 21.5 Å². The number of nitrogens with one attached hydrogen (secondary N) is 1. The summed E-state index contributed by atoms with van der Waals surface area (Å²) in [6.45, 7) is 5.89. The Balaban J connectivity index is 0.00000155. The van der Waals surface area contributed by atoms with Crippen LogP contribution in [0.2, 0.25) is 5.02 Å². The molecule has 0 bridgehead atoms. The first-order valence-electron chi connectivity index (χ1n) is 9.75. The minimum atomic E-state index is -0.497. The third-order valence-corrected chi connectivity index (χ3v) is 4.98. The lowest BCUT2D eigenvalue weighted by Crippen LogP contribution is -2.40. The summed E-state index contributed by atoms with van der Waals surface area (Å²) < 4.78 is 1.82. The number of H-pyrrole nitrogens is 1. The van der Waals surface area contributed by atoms with Gasteiger partial charge in [-0.15, -0.1) is 0 Å². The first-order chi connectivity index (χ1) is 14.3. The van der Waals surface area contributed by atoms with Gasteiger partial charge in [0.2, 0.25) is 6.41 Å². The number of amides is 3. The van der Waals surface area contributed by atoms with Crippen LogP contribution in [-0.4, -0.2) is 50.6 Å². The zero-order chi connectivity index (χ0) is 22.4. The van der Waals surface area contributed by atoms with Crippen molar-refractivity contribution in [3.63, 3.8) is 0 Å². The number of rotatable bonds is 6. The van der Waals surface area contributed by atoms with E-state index in [1.54, 1.807) is 13.1 Å². The Labute approximate surface area is 181 Å². The van der Waals surface area contributed by atoms with Crippen molar-refractivity contribution >= 4 is 40.8 Å². The zero-order valence-electron chi connectivity index (χ0n) is 17.9. The van der Waals surface area contributed by atoms with Crippen molar-refractivity contribution in [2.24, 2.45) is 7.05 Å². The summed E-state index contributed by atoms with van der Waals surface area (Å²) in [5.74, 6) is 1.12. The molecule has 8 nitrogen and oxygen atoms in total. The topological polar surface area (TPSA) is 94.5 Å². The Morgan fingerprint density at radius 3 is 2.67 bits per heavy atom. The second kappa shape index (κ2) is 10.3. The van der Waals surface area contributed by atoms with Crippen molar-refractivity contribution in [3.8, 4) is 0 Å². The molecule has 0 atom stereocenters. The lowest BCUT2D eigenvalue weighted by atomic mass is 10.2. The fourth-order valence-electron chi connectivity index (χ4n) is 3.13. The van der Waals surface area contributed by atoms with Crippen LogP contribution in [0.3, 0.4) is 0 Å². The van der Waals surface area contributed by atoms with E-state index >= 15 is 0 Å². The average Bonchev–Trinajstić information content (AvgIpc) is 3.27. The molecule has 0 unspecified atom stereocenters. The molecule has 30 heavy (non-hydrogen) atoms. The number of carbonyl (C=O) groups excluding carboxylic acids is 2. The molecule has 3 rings (SSSR count). The van der Waals surface area contributed by atoms with Crippen LogP contribution in [0.4, 0.5) is 10.6 Å². The summed E-state index contributed by atoms with van der Waals surface area (Å²) in [7, 11) is 3.39. The molecule has 2 aromatic heterocycles. The number of fused-ring (bicyclic) bond motifs is 1. The number of nitrogens with zero attached hydrogens (tertiary/aromatic N) is 4. The maximum atomic E-state index is 12.9. The molecule has 3 amide bonds. The van der Waals surface area contributed by atoms with Gasteiger partial charge in [0.15, 0.2) is 5.82 Å². The number of carbonyl (C=O) groups is 2. The molecule has 3 aromatic rings. The normalized spacial score (nSPS) is 10.5. The Kier molecular flexibility index (Phi) is 8.02. The molecule has 0 aliphatic carbocycles. The number of halogens is 1. The molecule has 1 aromatic carbocycles. The van der Waals surface area contributed by atoms with Crippen molar-refractivity contribution < 1.29 is 14.7 Å². The molecule has 0 aliphatic rings. The van der Waals surface area contributed by atoms with Crippen molar-refractivity contribution in [1.82, 2.24) is 19.4 Å². The summed E-state index contributed by atoms with van der Waals surface area (Å²) >= 11 is 6.01. The predicted molar refractivity (Wildman–Crippen MR) is 119 cm³/mol. The van der Waals surface area contributed by atoms with Crippen LogP contribution in [0.15, 0.2) is 24.3 Å². The number of benzene rings is 1. The summed E-state index contributed by atoms with van der Waals surface area (Å²) in [6.07, 6.45) is 0.888. The van der Waals surface area contributed by atoms with Crippen LogP contribution in [-0.2, 0) is 24.8 Å². The largest absolute Gasteiger partial charge is 0.396 e. The van der Waals surface area contributed by atoms with Gasteiger partial charge in [-0.3, -0.25) is 14.6 Å². The molecule has 0 aliphatic heterocycles. The number of hydrogen-bond acceptors (Lipinski definition) is 4. The van der Waals surface area contributed by atoms with Crippen LogP contribution in [0.5, 0.6) is 0 Å². The van der Waals surface area contributed by atoms with Gasteiger partial charge in [-0.1, -0.05) is 25.4 Å². The van der Waals surface area contributed by atoms with Crippen molar-refractivity contribution in [2.45, 2.75) is 33.7 Å². The van der Waals surface area contributed by atoms with Gasteiger partial charge in [-0.05, 0) is 31.2 Å². The number of imide groups is 1.